The highest BCUT2D eigenvalue weighted by atomic mass is 35.5. The van der Waals surface area contributed by atoms with Crippen molar-refractivity contribution in [3.05, 3.63) is 88.4 Å². The fourth-order valence-electron chi connectivity index (χ4n) is 6.18. The van der Waals surface area contributed by atoms with E-state index in [-0.39, 0.29) is 29.9 Å². The third-order valence-electron chi connectivity index (χ3n) is 9.04. The zero-order valence-corrected chi connectivity index (χ0v) is 28.0. The van der Waals surface area contributed by atoms with Crippen LogP contribution in [0.2, 0.25) is 10.0 Å². The van der Waals surface area contributed by atoms with Crippen LogP contribution in [-0.2, 0) is 19.4 Å². The predicted molar refractivity (Wildman–Crippen MR) is 179 cm³/mol. The molecule has 1 heterocycles. The number of benzene rings is 3. The van der Waals surface area contributed by atoms with Crippen molar-refractivity contribution in [3.63, 3.8) is 0 Å². The number of hydrogen-bond donors (Lipinski definition) is 1. The molecule has 3 atom stereocenters. The maximum Gasteiger partial charge on any atom is 0.229 e. The Kier molecular flexibility index (Phi) is 9.23. The number of nitrogens with zero attached hydrogens (tertiary/aromatic N) is 1. The van der Waals surface area contributed by atoms with Crippen molar-refractivity contribution in [2.45, 2.75) is 76.6 Å². The average molecular weight is 656 g/mol. The summed E-state index contributed by atoms with van der Waals surface area (Å²) in [6.07, 6.45) is 2.76. The van der Waals surface area contributed by atoms with E-state index in [0.29, 0.717) is 28.6 Å². The number of hydrogen-bond acceptors (Lipinski definition) is 4. The smallest absolute Gasteiger partial charge is 0.229 e. The number of rotatable bonds is 9. The highest BCUT2D eigenvalue weighted by Crippen LogP contribution is 2.50. The molecular formula is C35H40Cl2N2O4S. The highest BCUT2D eigenvalue weighted by Gasteiger charge is 2.52. The molecule has 9 heteroatoms. The van der Waals surface area contributed by atoms with Crippen molar-refractivity contribution in [1.29, 1.82) is 0 Å². The summed E-state index contributed by atoms with van der Waals surface area (Å²) in [7, 11) is -3.56. The molecule has 44 heavy (non-hydrogen) atoms. The Bertz CT molecular complexity index is 1630. The van der Waals surface area contributed by atoms with Gasteiger partial charge >= 0.3 is 0 Å². The third-order valence-corrected chi connectivity index (χ3v) is 12.2. The van der Waals surface area contributed by atoms with Crippen LogP contribution >= 0.6 is 23.2 Å². The number of anilines is 1. The molecule has 0 radical (unpaired) electrons. The summed E-state index contributed by atoms with van der Waals surface area (Å²) < 4.78 is 26.4. The second-order valence-corrected chi connectivity index (χ2v) is 17.1. The molecule has 0 aromatic heterocycles. The van der Waals surface area contributed by atoms with Crippen molar-refractivity contribution in [1.82, 2.24) is 4.90 Å². The van der Waals surface area contributed by atoms with Gasteiger partial charge in [-0.1, -0.05) is 66.5 Å². The van der Waals surface area contributed by atoms with Gasteiger partial charge in [0, 0.05) is 28.2 Å². The first-order valence-corrected chi connectivity index (χ1v) is 17.5. The van der Waals surface area contributed by atoms with Crippen LogP contribution in [0.5, 0.6) is 0 Å². The van der Waals surface area contributed by atoms with Crippen molar-refractivity contribution in [2.24, 2.45) is 11.3 Å². The van der Waals surface area contributed by atoms with Crippen molar-refractivity contribution in [2.75, 3.05) is 11.1 Å². The monoisotopic (exact) mass is 654 g/mol. The van der Waals surface area contributed by atoms with E-state index in [1.165, 1.54) is 0 Å². The molecule has 6 nitrogen and oxygen atoms in total. The van der Waals surface area contributed by atoms with Crippen molar-refractivity contribution >= 4 is 50.5 Å². The molecular weight excluding hydrogens is 615 g/mol. The van der Waals surface area contributed by atoms with Gasteiger partial charge in [0.2, 0.25) is 11.8 Å². The normalized spacial score (nSPS) is 21.6. The Morgan fingerprint density at radius 2 is 1.61 bits per heavy atom. The molecule has 0 unspecified atom stereocenters. The number of carbonyl (C=O) groups is 2. The molecule has 0 bridgehead atoms. The number of halogens is 2. The fourth-order valence-corrected chi connectivity index (χ4v) is 7.86. The van der Waals surface area contributed by atoms with Gasteiger partial charge in [-0.2, -0.15) is 0 Å². The van der Waals surface area contributed by atoms with Gasteiger partial charge in [-0.25, -0.2) is 8.42 Å². The van der Waals surface area contributed by atoms with Gasteiger partial charge < -0.3 is 10.2 Å². The quantitative estimate of drug-likeness (QED) is 0.251. The maximum absolute atomic E-state index is 14.8. The highest BCUT2D eigenvalue weighted by molar-refractivity contribution is 7.92. The number of nitrogens with one attached hydrogen (secondary N) is 1. The molecule has 1 saturated carbocycles. The van der Waals surface area contributed by atoms with Gasteiger partial charge in [-0.15, -0.1) is 0 Å². The number of amides is 2. The van der Waals surface area contributed by atoms with Gasteiger partial charge in [0.1, 0.15) is 0 Å². The summed E-state index contributed by atoms with van der Waals surface area (Å²) in [4.78, 5) is 29.9. The Morgan fingerprint density at radius 1 is 0.977 bits per heavy atom. The van der Waals surface area contributed by atoms with Crippen LogP contribution in [-0.4, -0.2) is 41.7 Å². The number of likely N-dealkylation sites (tertiary alicyclic amines) is 1. The van der Waals surface area contributed by atoms with Crippen LogP contribution in [0.15, 0.2) is 72.8 Å². The second kappa shape index (κ2) is 12.5. The summed E-state index contributed by atoms with van der Waals surface area (Å²) in [6, 6.07) is 21.4. The van der Waals surface area contributed by atoms with E-state index in [2.05, 4.69) is 5.32 Å². The van der Waals surface area contributed by atoms with Crippen LogP contribution in [0.3, 0.4) is 0 Å². The van der Waals surface area contributed by atoms with Crippen LogP contribution in [0.25, 0.3) is 11.1 Å². The van der Waals surface area contributed by atoms with E-state index >= 15 is 0 Å². The van der Waals surface area contributed by atoms with Gasteiger partial charge in [0.05, 0.1) is 22.0 Å². The summed E-state index contributed by atoms with van der Waals surface area (Å²) in [6.45, 7) is 6.96. The molecule has 2 amide bonds. The van der Waals surface area contributed by atoms with E-state index in [9.17, 15) is 18.0 Å². The SMILES string of the molecule is CC(C)(C)S(=O)(=O)C[C@H](C1CC1)N1C(=O)[C@@](C)(CC(=O)Nc2ccccc2)CC[C@H]1c1ccc(Cl)cc1-c1ccc(Cl)cc1. The lowest BCUT2D eigenvalue weighted by atomic mass is 9.73. The molecule has 3 aromatic carbocycles. The number of piperidine rings is 1. The number of para-hydroxylation sites is 1. The molecule has 3 aromatic rings. The van der Waals surface area contributed by atoms with E-state index in [0.717, 1.165) is 29.5 Å². The van der Waals surface area contributed by atoms with Crippen LogP contribution < -0.4 is 5.32 Å². The van der Waals surface area contributed by atoms with E-state index < -0.39 is 32.1 Å². The zero-order chi connectivity index (χ0) is 31.9. The topological polar surface area (TPSA) is 83.6 Å². The van der Waals surface area contributed by atoms with E-state index in [1.54, 1.807) is 20.8 Å². The first-order valence-electron chi connectivity index (χ1n) is 15.1. The third kappa shape index (κ3) is 7.00. The lowest BCUT2D eigenvalue weighted by Gasteiger charge is -2.49. The van der Waals surface area contributed by atoms with Crippen LogP contribution in [0, 0.1) is 11.3 Å². The molecule has 1 N–H and O–H groups in total. The van der Waals surface area contributed by atoms with E-state index in [4.69, 9.17) is 23.2 Å². The number of carbonyl (C=O) groups excluding carboxylic acids is 2. The Morgan fingerprint density at radius 3 is 2.23 bits per heavy atom. The maximum atomic E-state index is 14.8. The lowest BCUT2D eigenvalue weighted by molar-refractivity contribution is -0.155. The lowest BCUT2D eigenvalue weighted by Crippen LogP contribution is -2.57. The van der Waals surface area contributed by atoms with Crippen LogP contribution in [0.1, 0.15) is 71.4 Å². The summed E-state index contributed by atoms with van der Waals surface area (Å²) in [5, 5.41) is 4.09. The average Bonchev–Trinajstić information content (AvgIpc) is 3.80. The number of sulfone groups is 1. The van der Waals surface area contributed by atoms with Crippen LogP contribution in [0.4, 0.5) is 5.69 Å². The molecule has 2 aliphatic rings. The minimum absolute atomic E-state index is 0.00197. The summed E-state index contributed by atoms with van der Waals surface area (Å²) >= 11 is 12.7. The molecule has 2 fully saturated rings. The minimum Gasteiger partial charge on any atom is -0.331 e. The molecule has 5 rings (SSSR count). The second-order valence-electron chi connectivity index (χ2n) is 13.5. The fraction of sp³-hybridized carbons (Fsp3) is 0.429. The molecule has 234 valence electrons. The standard InChI is InChI=1S/C35H40Cl2N2O4S/c1-34(2,3)44(42,43)22-31(24-10-11-24)39-30(28-17-16-26(37)20-29(28)23-12-14-25(36)15-13-23)18-19-35(4,33(39)41)21-32(40)38-27-8-6-5-7-9-27/h5-9,12-17,20,24,30-31H,10-11,18-19,21-22H2,1-4H3,(H,38,40)/t30-,31+,35+/m0/s1. The van der Waals surface area contributed by atoms with Gasteiger partial charge in [0.15, 0.2) is 9.84 Å². The summed E-state index contributed by atoms with van der Waals surface area (Å²) in [5.41, 5.74) is 2.34. The molecule has 1 aliphatic heterocycles. The molecule has 1 saturated heterocycles. The zero-order valence-electron chi connectivity index (χ0n) is 25.6. The minimum atomic E-state index is -3.56. The molecule has 0 spiro atoms. The first-order chi connectivity index (χ1) is 20.7. The molecule has 1 aliphatic carbocycles. The largest absolute Gasteiger partial charge is 0.331 e. The summed E-state index contributed by atoms with van der Waals surface area (Å²) in [5.74, 6) is -0.482. The Balaban J connectivity index is 1.57. The van der Waals surface area contributed by atoms with E-state index in [1.807, 2.05) is 84.6 Å². The first kappa shape index (κ1) is 32.5. The van der Waals surface area contributed by atoms with Gasteiger partial charge in [-0.05, 0) is 105 Å². The van der Waals surface area contributed by atoms with Crippen molar-refractivity contribution in [3.8, 4) is 11.1 Å². The van der Waals surface area contributed by atoms with Gasteiger partial charge in [-0.3, -0.25) is 9.59 Å². The Labute approximate surface area is 271 Å². The van der Waals surface area contributed by atoms with Crippen molar-refractivity contribution < 1.29 is 18.0 Å². The van der Waals surface area contributed by atoms with Gasteiger partial charge in [0.25, 0.3) is 0 Å². The Hall–Kier alpha value is -2.87. The predicted octanol–water partition coefficient (Wildman–Crippen LogP) is 8.35.